The van der Waals surface area contributed by atoms with Crippen molar-refractivity contribution in [3.05, 3.63) is 39.8 Å². The summed E-state index contributed by atoms with van der Waals surface area (Å²) in [6, 6.07) is 5.88. The van der Waals surface area contributed by atoms with Crippen molar-refractivity contribution in [2.75, 3.05) is 34.4 Å². The molecule has 1 N–H and O–H groups in total. The van der Waals surface area contributed by atoms with Crippen molar-refractivity contribution in [3.8, 4) is 11.5 Å². The van der Waals surface area contributed by atoms with Gasteiger partial charge in [-0.05, 0) is 19.1 Å². The van der Waals surface area contributed by atoms with Gasteiger partial charge in [-0.25, -0.2) is 4.98 Å². The Kier molecular flexibility index (Phi) is 11.3. The van der Waals surface area contributed by atoms with Gasteiger partial charge in [-0.15, -0.1) is 35.3 Å². The highest BCUT2D eigenvalue weighted by Crippen LogP contribution is 2.25. The molecular formula is C21H33IN4O2S. The van der Waals surface area contributed by atoms with Crippen molar-refractivity contribution in [1.29, 1.82) is 0 Å². The third-order valence-electron chi connectivity index (χ3n) is 4.29. The van der Waals surface area contributed by atoms with Gasteiger partial charge in [0.1, 0.15) is 11.5 Å². The number of hydrogen-bond acceptors (Lipinski definition) is 5. The fraction of sp³-hybridized carbons (Fsp3) is 0.524. The number of thiazole rings is 1. The molecule has 6 nitrogen and oxygen atoms in total. The standard InChI is InChI=1S/C21H32N4O2S.HI/c1-7-22-21(23-11-10-17-14-28-20(24-17)15(2)3)25(4)13-16-8-9-18(26-5)12-19(16)27-6;/h8-9,12,14-15H,7,10-11,13H2,1-6H3,(H,22,23);1H. The zero-order chi connectivity index (χ0) is 20.5. The first-order chi connectivity index (χ1) is 13.5. The number of hydrogen-bond donors (Lipinski definition) is 1. The fourth-order valence-corrected chi connectivity index (χ4v) is 3.63. The molecule has 0 atom stereocenters. The van der Waals surface area contributed by atoms with Gasteiger partial charge in [0.2, 0.25) is 0 Å². The van der Waals surface area contributed by atoms with Gasteiger partial charge in [0.05, 0.1) is 24.9 Å². The van der Waals surface area contributed by atoms with E-state index < -0.39 is 0 Å². The second-order valence-electron chi connectivity index (χ2n) is 6.85. The van der Waals surface area contributed by atoms with Crippen LogP contribution in [0.3, 0.4) is 0 Å². The van der Waals surface area contributed by atoms with E-state index in [-0.39, 0.29) is 24.0 Å². The van der Waals surface area contributed by atoms with E-state index in [9.17, 15) is 0 Å². The minimum absolute atomic E-state index is 0. The van der Waals surface area contributed by atoms with Crippen LogP contribution in [0.15, 0.2) is 28.6 Å². The molecule has 2 rings (SSSR count). The number of aliphatic imine (C=N–C) groups is 1. The summed E-state index contributed by atoms with van der Waals surface area (Å²) < 4.78 is 10.8. The molecule has 0 saturated carbocycles. The van der Waals surface area contributed by atoms with Crippen molar-refractivity contribution in [2.24, 2.45) is 4.99 Å². The molecule has 0 aliphatic heterocycles. The second-order valence-corrected chi connectivity index (χ2v) is 7.74. The summed E-state index contributed by atoms with van der Waals surface area (Å²) in [5.41, 5.74) is 2.20. The van der Waals surface area contributed by atoms with Crippen molar-refractivity contribution >= 4 is 41.3 Å². The molecule has 8 heteroatoms. The van der Waals surface area contributed by atoms with Crippen LogP contribution < -0.4 is 14.8 Å². The SMILES string of the molecule is CCNC(=NCCc1csc(C(C)C)n1)N(C)Cc1ccc(OC)cc1OC.I. The van der Waals surface area contributed by atoms with Gasteiger partial charge in [-0.2, -0.15) is 0 Å². The van der Waals surface area contributed by atoms with E-state index in [1.165, 1.54) is 5.01 Å². The Bertz CT molecular complexity index is 780. The van der Waals surface area contributed by atoms with Crippen molar-refractivity contribution in [1.82, 2.24) is 15.2 Å². The first kappa shape index (κ1) is 25.5. The monoisotopic (exact) mass is 532 g/mol. The number of ether oxygens (including phenoxy) is 2. The van der Waals surface area contributed by atoms with Crippen LogP contribution in [0.25, 0.3) is 0 Å². The molecule has 0 aliphatic rings. The summed E-state index contributed by atoms with van der Waals surface area (Å²) in [5.74, 6) is 2.95. The molecular weight excluding hydrogens is 499 g/mol. The maximum Gasteiger partial charge on any atom is 0.193 e. The third-order valence-corrected chi connectivity index (χ3v) is 5.49. The summed E-state index contributed by atoms with van der Waals surface area (Å²) in [4.78, 5) is 11.6. The quantitative estimate of drug-likeness (QED) is 0.292. The molecule has 0 bridgehead atoms. The number of nitrogens with one attached hydrogen (secondary N) is 1. The minimum atomic E-state index is 0. The van der Waals surface area contributed by atoms with Gasteiger partial charge >= 0.3 is 0 Å². The smallest absolute Gasteiger partial charge is 0.193 e. The van der Waals surface area contributed by atoms with Crippen molar-refractivity contribution in [3.63, 3.8) is 0 Å². The summed E-state index contributed by atoms with van der Waals surface area (Å²) in [7, 11) is 5.37. The molecule has 0 aliphatic carbocycles. The Morgan fingerprint density at radius 1 is 1.28 bits per heavy atom. The summed E-state index contributed by atoms with van der Waals surface area (Å²) >= 11 is 1.73. The Labute approximate surface area is 195 Å². The van der Waals surface area contributed by atoms with Crippen LogP contribution >= 0.6 is 35.3 Å². The van der Waals surface area contributed by atoms with E-state index in [0.29, 0.717) is 19.0 Å². The van der Waals surface area contributed by atoms with Gasteiger partial charge in [0.25, 0.3) is 0 Å². The lowest BCUT2D eigenvalue weighted by Crippen LogP contribution is -2.38. The van der Waals surface area contributed by atoms with E-state index >= 15 is 0 Å². The Hall–Kier alpha value is -1.55. The number of rotatable bonds is 9. The first-order valence-corrected chi connectivity index (χ1v) is 10.5. The zero-order valence-corrected chi connectivity index (χ0v) is 21.3. The van der Waals surface area contributed by atoms with Crippen molar-refractivity contribution in [2.45, 2.75) is 39.7 Å². The van der Waals surface area contributed by atoms with Crippen LogP contribution in [0.1, 0.15) is 43.0 Å². The molecule has 1 aromatic heterocycles. The summed E-state index contributed by atoms with van der Waals surface area (Å²) in [6.07, 6.45) is 0.845. The Morgan fingerprint density at radius 3 is 2.62 bits per heavy atom. The molecule has 0 unspecified atom stereocenters. The second kappa shape index (κ2) is 12.9. The minimum Gasteiger partial charge on any atom is -0.497 e. The predicted octanol–water partition coefficient (Wildman–Crippen LogP) is 4.54. The van der Waals surface area contributed by atoms with Crippen LogP contribution in [0.4, 0.5) is 0 Å². The molecule has 2 aromatic rings. The average Bonchev–Trinajstić information content (AvgIpc) is 3.16. The molecule has 0 radical (unpaired) electrons. The molecule has 29 heavy (non-hydrogen) atoms. The normalized spacial score (nSPS) is 11.2. The van der Waals surface area contributed by atoms with E-state index in [4.69, 9.17) is 19.5 Å². The van der Waals surface area contributed by atoms with E-state index in [1.807, 2.05) is 25.2 Å². The highest BCUT2D eigenvalue weighted by Gasteiger charge is 2.12. The maximum atomic E-state index is 5.51. The van der Waals surface area contributed by atoms with Gasteiger partial charge < -0.3 is 19.7 Å². The highest BCUT2D eigenvalue weighted by atomic mass is 127. The van der Waals surface area contributed by atoms with Crippen LogP contribution in [0.5, 0.6) is 11.5 Å². The molecule has 0 spiro atoms. The maximum absolute atomic E-state index is 5.51. The number of methoxy groups -OCH3 is 2. The van der Waals surface area contributed by atoms with Crippen LogP contribution in [-0.2, 0) is 13.0 Å². The summed E-state index contributed by atoms with van der Waals surface area (Å²) in [6.45, 7) is 8.63. The Morgan fingerprint density at radius 2 is 2.03 bits per heavy atom. The van der Waals surface area contributed by atoms with Gasteiger partial charge in [-0.3, -0.25) is 4.99 Å². The molecule has 1 heterocycles. The molecule has 0 amide bonds. The topological polar surface area (TPSA) is 59.0 Å². The average molecular weight is 532 g/mol. The van der Waals surface area contributed by atoms with E-state index in [2.05, 4.69) is 36.4 Å². The highest BCUT2D eigenvalue weighted by molar-refractivity contribution is 14.0. The number of halogens is 1. The molecule has 0 saturated heterocycles. The lowest BCUT2D eigenvalue weighted by molar-refractivity contribution is 0.382. The predicted molar refractivity (Wildman–Crippen MR) is 132 cm³/mol. The largest absolute Gasteiger partial charge is 0.497 e. The number of nitrogens with zero attached hydrogens (tertiary/aromatic N) is 3. The van der Waals surface area contributed by atoms with E-state index in [0.717, 1.165) is 41.7 Å². The van der Waals surface area contributed by atoms with Crippen LogP contribution in [0, 0.1) is 0 Å². The lowest BCUT2D eigenvalue weighted by atomic mass is 10.2. The molecule has 0 fully saturated rings. The van der Waals surface area contributed by atoms with Crippen molar-refractivity contribution < 1.29 is 9.47 Å². The number of benzene rings is 1. The fourth-order valence-electron chi connectivity index (χ4n) is 2.76. The van der Waals surface area contributed by atoms with Gasteiger partial charge in [0, 0.05) is 56.0 Å². The lowest BCUT2D eigenvalue weighted by Gasteiger charge is -2.23. The van der Waals surface area contributed by atoms with Gasteiger partial charge in [0.15, 0.2) is 5.96 Å². The number of aromatic nitrogens is 1. The zero-order valence-electron chi connectivity index (χ0n) is 18.2. The number of guanidine groups is 1. The molecule has 1 aromatic carbocycles. The van der Waals surface area contributed by atoms with Crippen LogP contribution in [-0.4, -0.2) is 50.2 Å². The van der Waals surface area contributed by atoms with Crippen LogP contribution in [0.2, 0.25) is 0 Å². The summed E-state index contributed by atoms with van der Waals surface area (Å²) in [5, 5.41) is 6.70. The first-order valence-electron chi connectivity index (χ1n) is 9.63. The Balaban J connectivity index is 0.00000420. The molecule has 162 valence electrons. The third kappa shape index (κ3) is 7.65. The van der Waals surface area contributed by atoms with E-state index in [1.54, 1.807) is 25.6 Å². The van der Waals surface area contributed by atoms with Gasteiger partial charge in [-0.1, -0.05) is 13.8 Å².